The predicted molar refractivity (Wildman–Crippen MR) is 103 cm³/mol. The molecule has 3 aromatic heterocycles. The minimum Gasteiger partial charge on any atom is -0.478 e. The molecule has 0 aliphatic rings. The van der Waals surface area contributed by atoms with Gasteiger partial charge in [0.05, 0.1) is 17.3 Å². The number of hydrogen-bond acceptors (Lipinski definition) is 4. The average Bonchev–Trinajstić information content (AvgIpc) is 3.18. The monoisotopic (exact) mass is 378 g/mol. The molecule has 1 amide bonds. The van der Waals surface area contributed by atoms with Crippen molar-refractivity contribution in [1.82, 2.24) is 19.5 Å². The van der Waals surface area contributed by atoms with Crippen LogP contribution < -0.4 is 10.1 Å². The third-order valence-corrected chi connectivity index (χ3v) is 4.72. The molecule has 0 spiro atoms. The molecule has 0 aliphatic heterocycles. The molecular weight excluding hydrogens is 360 g/mol. The number of carboxylic acid groups (broad SMARTS) is 1. The molecule has 0 fully saturated rings. The number of carbonyl (C=O) groups is 2. The van der Waals surface area contributed by atoms with Gasteiger partial charge in [0, 0.05) is 30.4 Å². The average molecular weight is 378 g/mol. The minimum atomic E-state index is -1.01. The van der Waals surface area contributed by atoms with Crippen LogP contribution in [0.1, 0.15) is 21.6 Å². The highest BCUT2D eigenvalue weighted by molar-refractivity contribution is 5.94. The molecule has 0 aliphatic carbocycles. The fourth-order valence-corrected chi connectivity index (χ4v) is 3.42. The van der Waals surface area contributed by atoms with E-state index in [4.69, 9.17) is 4.74 Å². The largest absolute Gasteiger partial charge is 0.478 e. The Morgan fingerprint density at radius 3 is 2.68 bits per heavy atom. The third-order valence-electron chi connectivity index (χ3n) is 4.72. The molecule has 4 rings (SSSR count). The molecule has 2 N–H and O–H groups in total. The summed E-state index contributed by atoms with van der Waals surface area (Å²) in [5.74, 6) is 0.0651. The smallest absolute Gasteiger partial charge is 0.337 e. The Balaban J connectivity index is 1.78. The summed E-state index contributed by atoms with van der Waals surface area (Å²) < 4.78 is 9.14. The first-order chi connectivity index (χ1) is 13.4. The molecule has 142 valence electrons. The summed E-state index contributed by atoms with van der Waals surface area (Å²) in [6, 6.07) is 8.83. The second kappa shape index (κ2) is 6.41. The van der Waals surface area contributed by atoms with E-state index in [1.54, 1.807) is 36.9 Å². The van der Waals surface area contributed by atoms with Crippen molar-refractivity contribution in [2.75, 3.05) is 7.05 Å². The molecule has 0 saturated heterocycles. The number of rotatable bonds is 3. The zero-order valence-corrected chi connectivity index (χ0v) is 15.6. The van der Waals surface area contributed by atoms with Crippen LogP contribution in [0.4, 0.5) is 4.79 Å². The topological polar surface area (TPSA) is 97.9 Å². The molecule has 0 atom stereocenters. The lowest BCUT2D eigenvalue weighted by molar-refractivity contribution is 0.0696. The van der Waals surface area contributed by atoms with Crippen LogP contribution in [-0.2, 0) is 0 Å². The van der Waals surface area contributed by atoms with Crippen LogP contribution in [0.5, 0.6) is 11.5 Å². The first-order valence-electron chi connectivity index (χ1n) is 8.63. The lowest BCUT2D eigenvalue weighted by atomic mass is 10.2. The van der Waals surface area contributed by atoms with Gasteiger partial charge in [-0.2, -0.15) is 5.10 Å². The van der Waals surface area contributed by atoms with Crippen LogP contribution in [-0.4, -0.2) is 38.3 Å². The lowest BCUT2D eigenvalue weighted by Gasteiger charge is -2.09. The molecule has 4 aromatic rings. The van der Waals surface area contributed by atoms with Crippen molar-refractivity contribution in [3.8, 4) is 11.5 Å². The first-order valence-corrected chi connectivity index (χ1v) is 8.63. The van der Waals surface area contributed by atoms with Gasteiger partial charge in [0.1, 0.15) is 11.3 Å². The number of aryl methyl sites for hydroxylation is 2. The maximum atomic E-state index is 12.1. The van der Waals surface area contributed by atoms with Crippen molar-refractivity contribution in [3.63, 3.8) is 0 Å². The van der Waals surface area contributed by atoms with Crippen LogP contribution >= 0.6 is 0 Å². The Labute approximate surface area is 160 Å². The van der Waals surface area contributed by atoms with Crippen LogP contribution in [0.3, 0.4) is 0 Å². The summed E-state index contributed by atoms with van der Waals surface area (Å²) in [5.41, 5.74) is 2.94. The van der Waals surface area contributed by atoms with E-state index in [9.17, 15) is 14.7 Å². The Morgan fingerprint density at radius 2 is 1.96 bits per heavy atom. The summed E-state index contributed by atoms with van der Waals surface area (Å²) in [6.07, 6.45) is 3.02. The van der Waals surface area contributed by atoms with Gasteiger partial charge in [-0.3, -0.25) is 4.57 Å². The molecule has 1 aromatic carbocycles. The van der Waals surface area contributed by atoms with E-state index in [1.807, 2.05) is 25.1 Å². The molecule has 8 heteroatoms. The highest BCUT2D eigenvalue weighted by Crippen LogP contribution is 2.32. The zero-order valence-electron chi connectivity index (χ0n) is 15.6. The summed E-state index contributed by atoms with van der Waals surface area (Å²) in [7, 11) is 1.59. The van der Waals surface area contributed by atoms with Gasteiger partial charge in [-0.25, -0.2) is 14.1 Å². The van der Waals surface area contributed by atoms with Gasteiger partial charge >= 0.3 is 12.0 Å². The number of ether oxygens (including phenoxy) is 1. The second-order valence-electron chi connectivity index (χ2n) is 6.46. The summed E-state index contributed by atoms with van der Waals surface area (Å²) in [4.78, 5) is 23.5. The minimum absolute atomic E-state index is 0.178. The number of carbonyl (C=O) groups excluding carboxylic acids is 1. The first kappa shape index (κ1) is 17.6. The molecular formula is C20H18N4O4. The van der Waals surface area contributed by atoms with Crippen molar-refractivity contribution in [1.29, 1.82) is 0 Å². The van der Waals surface area contributed by atoms with E-state index in [-0.39, 0.29) is 11.6 Å². The van der Waals surface area contributed by atoms with Gasteiger partial charge in [0.15, 0.2) is 5.75 Å². The molecule has 0 radical (unpaired) electrons. The van der Waals surface area contributed by atoms with E-state index in [1.165, 1.54) is 10.7 Å². The number of nitrogens with one attached hydrogen (secondary N) is 1. The molecule has 0 bridgehead atoms. The van der Waals surface area contributed by atoms with Crippen LogP contribution in [0.2, 0.25) is 0 Å². The van der Waals surface area contributed by atoms with Gasteiger partial charge in [-0.1, -0.05) is 0 Å². The van der Waals surface area contributed by atoms with Crippen molar-refractivity contribution in [2.45, 2.75) is 13.8 Å². The van der Waals surface area contributed by atoms with Crippen molar-refractivity contribution in [2.24, 2.45) is 0 Å². The van der Waals surface area contributed by atoms with Crippen LogP contribution in [0.25, 0.3) is 16.4 Å². The number of aromatic nitrogens is 3. The third kappa shape index (κ3) is 2.66. The van der Waals surface area contributed by atoms with Gasteiger partial charge in [0.25, 0.3) is 0 Å². The summed E-state index contributed by atoms with van der Waals surface area (Å²) in [5, 5.41) is 17.0. The SMILES string of the molecule is CNC(=O)n1c(C)cc2cc(Oc3ccnn4cc(C(=O)O)c(C)c34)ccc21. The number of aromatic carboxylic acids is 1. The highest BCUT2D eigenvalue weighted by atomic mass is 16.5. The zero-order chi connectivity index (χ0) is 20.0. The quantitative estimate of drug-likeness (QED) is 0.568. The number of benzene rings is 1. The molecule has 0 saturated carbocycles. The second-order valence-corrected chi connectivity index (χ2v) is 6.46. The van der Waals surface area contributed by atoms with E-state index in [2.05, 4.69) is 10.4 Å². The molecule has 3 heterocycles. The number of hydrogen-bond donors (Lipinski definition) is 2. The number of fused-ring (bicyclic) bond motifs is 2. The van der Waals surface area contributed by atoms with Crippen LogP contribution in [0, 0.1) is 13.8 Å². The molecule has 0 unspecified atom stereocenters. The standard InChI is InChI=1S/C20H18N4O4/c1-11-8-13-9-14(4-5-16(13)24(11)20(27)21-3)28-17-6-7-22-23-10-15(19(25)26)12(2)18(17)23/h4-10H,1-3H3,(H,21,27)(H,25,26). The van der Waals surface area contributed by atoms with Gasteiger partial charge in [-0.15, -0.1) is 0 Å². The van der Waals surface area contributed by atoms with E-state index < -0.39 is 5.97 Å². The Morgan fingerprint density at radius 1 is 1.18 bits per heavy atom. The normalized spacial score (nSPS) is 11.1. The molecule has 8 nitrogen and oxygen atoms in total. The summed E-state index contributed by atoms with van der Waals surface area (Å²) >= 11 is 0. The number of amides is 1. The Kier molecular flexibility index (Phi) is 4.03. The van der Waals surface area contributed by atoms with Crippen molar-refractivity contribution in [3.05, 3.63) is 59.5 Å². The lowest BCUT2D eigenvalue weighted by Crippen LogP contribution is -2.25. The fourth-order valence-electron chi connectivity index (χ4n) is 3.42. The number of carboxylic acids is 1. The summed E-state index contributed by atoms with van der Waals surface area (Å²) in [6.45, 7) is 3.59. The van der Waals surface area contributed by atoms with Gasteiger partial charge < -0.3 is 15.2 Å². The van der Waals surface area contributed by atoms with Gasteiger partial charge in [0.2, 0.25) is 0 Å². The fraction of sp³-hybridized carbons (Fsp3) is 0.150. The predicted octanol–water partition coefficient (Wildman–Crippen LogP) is 3.58. The van der Waals surface area contributed by atoms with E-state index in [0.717, 1.165) is 16.6 Å². The van der Waals surface area contributed by atoms with E-state index >= 15 is 0 Å². The van der Waals surface area contributed by atoms with E-state index in [0.29, 0.717) is 22.6 Å². The van der Waals surface area contributed by atoms with Crippen molar-refractivity contribution >= 4 is 28.4 Å². The highest BCUT2D eigenvalue weighted by Gasteiger charge is 2.18. The number of nitrogens with zero attached hydrogens (tertiary/aromatic N) is 3. The van der Waals surface area contributed by atoms with Crippen LogP contribution in [0.15, 0.2) is 42.7 Å². The maximum absolute atomic E-state index is 12.1. The maximum Gasteiger partial charge on any atom is 0.337 e. The van der Waals surface area contributed by atoms with Gasteiger partial charge in [-0.05, 0) is 43.7 Å². The Bertz CT molecular complexity index is 1250. The van der Waals surface area contributed by atoms with Crippen molar-refractivity contribution < 1.29 is 19.4 Å². The molecule has 28 heavy (non-hydrogen) atoms. The Hall–Kier alpha value is -3.81.